The second kappa shape index (κ2) is 10.0. The van der Waals surface area contributed by atoms with Crippen molar-refractivity contribution in [3.63, 3.8) is 0 Å². The second-order valence-electron chi connectivity index (χ2n) is 9.95. The van der Waals surface area contributed by atoms with Gasteiger partial charge in [-0.3, -0.25) is 0 Å². The number of hydrogen-bond donors (Lipinski definition) is 4. The van der Waals surface area contributed by atoms with Gasteiger partial charge in [-0.15, -0.1) is 0 Å². The highest BCUT2D eigenvalue weighted by Crippen LogP contribution is 2.47. The van der Waals surface area contributed by atoms with Crippen molar-refractivity contribution in [1.82, 2.24) is 10.6 Å². The van der Waals surface area contributed by atoms with E-state index < -0.39 is 11.7 Å². The highest BCUT2D eigenvalue weighted by Gasteiger charge is 2.47. The van der Waals surface area contributed by atoms with Crippen LogP contribution in [-0.2, 0) is 18.4 Å². The quantitative estimate of drug-likeness (QED) is 0.415. The molecule has 2 aliphatic rings. The van der Waals surface area contributed by atoms with Crippen molar-refractivity contribution >= 4 is 0 Å². The maximum Gasteiger partial charge on any atom is 0.130 e. The van der Waals surface area contributed by atoms with Crippen molar-refractivity contribution < 1.29 is 10.2 Å². The predicted molar refractivity (Wildman–Crippen MR) is 137 cm³/mol. The zero-order chi connectivity index (χ0) is 23.5. The number of likely N-dealkylation sites (N-methyl/N-ethyl adjacent to an activating group) is 1. The van der Waals surface area contributed by atoms with Gasteiger partial charge in [0, 0.05) is 18.6 Å². The van der Waals surface area contributed by atoms with Crippen LogP contribution in [0, 0.1) is 0 Å². The number of rotatable bonds is 8. The third-order valence-electron chi connectivity index (χ3n) is 7.94. The summed E-state index contributed by atoms with van der Waals surface area (Å²) in [5.41, 5.74) is 4.75. The van der Waals surface area contributed by atoms with Gasteiger partial charge in [0.2, 0.25) is 0 Å². The van der Waals surface area contributed by atoms with E-state index in [9.17, 15) is 10.2 Å². The van der Waals surface area contributed by atoms with Gasteiger partial charge >= 0.3 is 0 Å². The highest BCUT2D eigenvalue weighted by atomic mass is 16.3. The van der Waals surface area contributed by atoms with E-state index >= 15 is 0 Å². The summed E-state index contributed by atoms with van der Waals surface area (Å²) in [4.78, 5) is 0. The molecule has 3 aromatic rings. The van der Waals surface area contributed by atoms with Gasteiger partial charge in [0.05, 0.1) is 6.10 Å². The molecule has 5 atom stereocenters. The molecule has 0 saturated heterocycles. The number of hydrogen-bond acceptors (Lipinski definition) is 4. The number of aliphatic hydroxyl groups is 2. The standard InChI is InChI=1S/C30H36N2O2/c1-31-29-19-26-24(14-8-16-27(26)30(29,34)22-12-6-3-7-13-22)25-15-9-17-28(25)32-20-23(33)18-21-10-4-2-5-11-21/h2-8,10-14,16,23,25,28-29,31-34H,9,15,17-20H2,1H3/t23-,25?,28?,29+,30+/m0/s1. The highest BCUT2D eigenvalue weighted by molar-refractivity contribution is 5.52. The summed E-state index contributed by atoms with van der Waals surface area (Å²) in [7, 11) is 1.94. The molecule has 2 unspecified atom stereocenters. The Hall–Kier alpha value is -2.50. The molecule has 4 nitrogen and oxygen atoms in total. The molecule has 0 heterocycles. The minimum atomic E-state index is -1.03. The summed E-state index contributed by atoms with van der Waals surface area (Å²) in [6.07, 6.45) is 4.51. The van der Waals surface area contributed by atoms with E-state index in [0.29, 0.717) is 24.9 Å². The third-order valence-corrected chi connectivity index (χ3v) is 7.94. The Morgan fingerprint density at radius 3 is 2.41 bits per heavy atom. The number of benzene rings is 3. The molecule has 2 aliphatic carbocycles. The van der Waals surface area contributed by atoms with Gasteiger partial charge in [-0.25, -0.2) is 0 Å². The minimum Gasteiger partial charge on any atom is -0.391 e. The molecule has 4 N–H and O–H groups in total. The number of aliphatic hydroxyl groups excluding tert-OH is 1. The second-order valence-corrected chi connectivity index (χ2v) is 9.95. The van der Waals surface area contributed by atoms with Gasteiger partial charge in [-0.1, -0.05) is 85.3 Å². The molecule has 5 rings (SSSR count). The van der Waals surface area contributed by atoms with Gasteiger partial charge in [0.25, 0.3) is 0 Å². The molecule has 1 saturated carbocycles. The Morgan fingerprint density at radius 1 is 0.941 bits per heavy atom. The van der Waals surface area contributed by atoms with Crippen LogP contribution in [0.25, 0.3) is 0 Å². The van der Waals surface area contributed by atoms with Crippen LogP contribution >= 0.6 is 0 Å². The lowest BCUT2D eigenvalue weighted by Gasteiger charge is -2.31. The monoisotopic (exact) mass is 456 g/mol. The summed E-state index contributed by atoms with van der Waals surface area (Å²) in [6.45, 7) is 0.595. The Kier molecular flexibility index (Phi) is 6.84. The van der Waals surface area contributed by atoms with E-state index in [0.717, 1.165) is 30.4 Å². The Labute approximate surface area is 203 Å². The first-order valence-electron chi connectivity index (χ1n) is 12.6. The Balaban J connectivity index is 1.36. The molecule has 0 amide bonds. The number of nitrogens with one attached hydrogen (secondary N) is 2. The summed E-state index contributed by atoms with van der Waals surface area (Å²) in [5, 5.41) is 29.7. The lowest BCUT2D eigenvalue weighted by molar-refractivity contribution is 0.0529. The SMILES string of the molecule is CN[C@@H]1Cc2c(C3CCCC3NC[C@@H](O)Cc3ccccc3)cccc2[C@]1(O)c1ccccc1. The molecule has 34 heavy (non-hydrogen) atoms. The molecule has 0 bridgehead atoms. The van der Waals surface area contributed by atoms with Crippen molar-refractivity contribution in [2.75, 3.05) is 13.6 Å². The van der Waals surface area contributed by atoms with Crippen LogP contribution in [-0.4, -0.2) is 42.0 Å². The van der Waals surface area contributed by atoms with Crippen molar-refractivity contribution in [2.45, 2.75) is 61.8 Å². The van der Waals surface area contributed by atoms with E-state index in [-0.39, 0.29) is 6.04 Å². The first kappa shape index (κ1) is 23.3. The van der Waals surface area contributed by atoms with Gasteiger partial charge in [0.15, 0.2) is 0 Å². The molecule has 0 radical (unpaired) electrons. The fraction of sp³-hybridized carbons (Fsp3) is 0.400. The first-order valence-corrected chi connectivity index (χ1v) is 12.6. The maximum atomic E-state index is 12.0. The molecule has 0 spiro atoms. The lowest BCUT2D eigenvalue weighted by Crippen LogP contribution is -2.45. The van der Waals surface area contributed by atoms with Crippen LogP contribution in [0.4, 0.5) is 0 Å². The molecule has 4 heteroatoms. The largest absolute Gasteiger partial charge is 0.391 e. The average Bonchev–Trinajstić information content (AvgIpc) is 3.46. The minimum absolute atomic E-state index is 0.0634. The van der Waals surface area contributed by atoms with Crippen molar-refractivity contribution in [3.05, 3.63) is 107 Å². The third kappa shape index (κ3) is 4.32. The summed E-state index contributed by atoms with van der Waals surface area (Å²) in [5.74, 6) is 0.398. The first-order chi connectivity index (χ1) is 16.6. The normalized spacial score (nSPS) is 27.0. The Bertz CT molecular complexity index is 1090. The van der Waals surface area contributed by atoms with Gasteiger partial charge < -0.3 is 20.8 Å². The van der Waals surface area contributed by atoms with Gasteiger partial charge in [-0.05, 0) is 66.5 Å². The van der Waals surface area contributed by atoms with E-state index in [1.165, 1.54) is 23.1 Å². The molecular weight excluding hydrogens is 420 g/mol. The zero-order valence-electron chi connectivity index (χ0n) is 20.0. The summed E-state index contributed by atoms with van der Waals surface area (Å²) < 4.78 is 0. The molecule has 0 aromatic heterocycles. The van der Waals surface area contributed by atoms with Crippen LogP contribution in [0.15, 0.2) is 78.9 Å². The topological polar surface area (TPSA) is 64.5 Å². The van der Waals surface area contributed by atoms with Gasteiger partial charge in [0.1, 0.15) is 5.60 Å². The fourth-order valence-electron chi connectivity index (χ4n) is 6.26. The maximum absolute atomic E-state index is 12.0. The summed E-state index contributed by atoms with van der Waals surface area (Å²) in [6, 6.07) is 27.0. The molecule has 3 aromatic carbocycles. The van der Waals surface area contributed by atoms with Crippen molar-refractivity contribution in [1.29, 1.82) is 0 Å². The van der Waals surface area contributed by atoms with Crippen LogP contribution in [0.5, 0.6) is 0 Å². The van der Waals surface area contributed by atoms with Crippen LogP contribution < -0.4 is 10.6 Å². The Morgan fingerprint density at radius 2 is 1.68 bits per heavy atom. The smallest absolute Gasteiger partial charge is 0.130 e. The predicted octanol–water partition coefficient (Wildman–Crippen LogP) is 3.90. The summed E-state index contributed by atoms with van der Waals surface area (Å²) >= 11 is 0. The van der Waals surface area contributed by atoms with Gasteiger partial charge in [-0.2, -0.15) is 0 Å². The molecule has 1 fully saturated rings. The average molecular weight is 457 g/mol. The van der Waals surface area contributed by atoms with Crippen molar-refractivity contribution in [3.8, 4) is 0 Å². The van der Waals surface area contributed by atoms with Crippen LogP contribution in [0.1, 0.15) is 53.0 Å². The van der Waals surface area contributed by atoms with E-state index in [1.54, 1.807) is 0 Å². The van der Waals surface area contributed by atoms with Crippen LogP contribution in [0.2, 0.25) is 0 Å². The molecular formula is C30H36N2O2. The fourth-order valence-corrected chi connectivity index (χ4v) is 6.26. The van der Waals surface area contributed by atoms with E-state index in [4.69, 9.17) is 0 Å². The van der Waals surface area contributed by atoms with E-state index in [1.807, 2.05) is 55.6 Å². The lowest BCUT2D eigenvalue weighted by atomic mass is 9.83. The zero-order valence-corrected chi connectivity index (χ0v) is 20.0. The number of fused-ring (bicyclic) bond motifs is 1. The molecule has 178 valence electrons. The van der Waals surface area contributed by atoms with Crippen LogP contribution in [0.3, 0.4) is 0 Å². The van der Waals surface area contributed by atoms with E-state index in [2.05, 4.69) is 41.0 Å². The molecule has 0 aliphatic heterocycles. The van der Waals surface area contributed by atoms with Crippen molar-refractivity contribution in [2.24, 2.45) is 0 Å².